The molecular formula is C25H43F2N7O9. The van der Waals surface area contributed by atoms with Crippen LogP contribution in [0.5, 0.6) is 0 Å². The number of likely N-dealkylation sites (N-methyl/N-ethyl adjacent to an activating group) is 1. The molecule has 4 aliphatic heterocycles. The Balaban J connectivity index is 1.31. The second kappa shape index (κ2) is 12.6. The number of hydrogen-bond acceptors (Lipinski definition) is 14. The van der Waals surface area contributed by atoms with E-state index in [0.29, 0.717) is 19.4 Å². The number of carbonyl (C=O) groups is 1. The Labute approximate surface area is 246 Å². The zero-order valence-corrected chi connectivity index (χ0v) is 23.8. The molecule has 246 valence electrons. The van der Waals surface area contributed by atoms with Crippen LogP contribution in [-0.4, -0.2) is 155 Å². The van der Waals surface area contributed by atoms with Crippen LogP contribution < -0.4 is 27.8 Å². The Morgan fingerprint density at radius 2 is 1.88 bits per heavy atom. The van der Waals surface area contributed by atoms with Crippen LogP contribution >= 0.6 is 0 Å². The molecule has 0 aromatic rings. The van der Waals surface area contributed by atoms with E-state index in [1.807, 2.05) is 0 Å². The number of carbonyl (C=O) groups excluding carboxylic acids is 1. The second-order valence-electron chi connectivity index (χ2n) is 12.2. The average Bonchev–Trinajstić information content (AvgIpc) is 3.25. The van der Waals surface area contributed by atoms with Gasteiger partial charge in [0.15, 0.2) is 29.7 Å². The van der Waals surface area contributed by atoms with Crippen LogP contribution in [0.3, 0.4) is 0 Å². The molecule has 0 radical (unpaired) electrons. The second-order valence-corrected chi connectivity index (χ2v) is 12.2. The van der Waals surface area contributed by atoms with Crippen LogP contribution in [0.1, 0.15) is 25.7 Å². The first-order valence-corrected chi connectivity index (χ1v) is 14.5. The van der Waals surface area contributed by atoms with Gasteiger partial charge in [0.05, 0.1) is 37.4 Å². The predicted molar refractivity (Wildman–Crippen MR) is 143 cm³/mol. The molecule has 14 atom stereocenters. The zero-order valence-electron chi connectivity index (χ0n) is 23.8. The highest BCUT2D eigenvalue weighted by molar-refractivity contribution is 5.86. The summed E-state index contributed by atoms with van der Waals surface area (Å²) < 4.78 is 49.1. The predicted octanol–water partition coefficient (Wildman–Crippen LogP) is -4.77. The Bertz CT molecular complexity index is 1040. The van der Waals surface area contributed by atoms with Gasteiger partial charge in [-0.15, -0.1) is 0 Å². The van der Waals surface area contributed by atoms with Gasteiger partial charge in [0.25, 0.3) is 12.3 Å². The first kappa shape index (κ1) is 32.7. The molecule has 18 heteroatoms. The summed E-state index contributed by atoms with van der Waals surface area (Å²) in [5.41, 5.74) is 14.9. The minimum absolute atomic E-state index is 0.0261. The van der Waals surface area contributed by atoms with E-state index in [0.717, 1.165) is 0 Å². The van der Waals surface area contributed by atoms with E-state index in [9.17, 15) is 34.0 Å². The maximum absolute atomic E-state index is 13.1. The highest BCUT2D eigenvalue weighted by atomic mass is 19.3. The minimum Gasteiger partial charge on any atom is -0.388 e. The quantitative estimate of drug-likeness (QED) is 0.0664. The number of fused-ring (bicyclic) bond motifs is 1. The number of amides is 1. The molecule has 5 rings (SSSR count). The molecule has 1 amide bonds. The third kappa shape index (κ3) is 6.52. The van der Waals surface area contributed by atoms with Gasteiger partial charge in [-0.25, -0.2) is 8.78 Å². The van der Waals surface area contributed by atoms with Crippen molar-refractivity contribution in [3.05, 3.63) is 0 Å². The van der Waals surface area contributed by atoms with Gasteiger partial charge in [0.1, 0.15) is 24.4 Å². The zero-order chi connectivity index (χ0) is 31.3. The van der Waals surface area contributed by atoms with Crippen molar-refractivity contribution in [2.75, 3.05) is 33.3 Å². The van der Waals surface area contributed by atoms with Crippen molar-refractivity contribution >= 4 is 11.7 Å². The number of nitrogens with one attached hydrogen (secondary N) is 2. The molecule has 0 aromatic carbocycles. The van der Waals surface area contributed by atoms with Crippen molar-refractivity contribution in [2.24, 2.45) is 22.2 Å². The van der Waals surface area contributed by atoms with Gasteiger partial charge in [-0.05, 0) is 39.3 Å². The van der Waals surface area contributed by atoms with Crippen LogP contribution in [0.15, 0.2) is 4.99 Å². The molecule has 0 aromatic heterocycles. The van der Waals surface area contributed by atoms with Gasteiger partial charge in [-0.3, -0.25) is 14.7 Å². The molecule has 1 saturated carbocycles. The first-order chi connectivity index (χ1) is 20.2. The van der Waals surface area contributed by atoms with Gasteiger partial charge in [0.2, 0.25) is 0 Å². The number of nitrogens with zero attached hydrogens (tertiary/aromatic N) is 2. The summed E-state index contributed by atoms with van der Waals surface area (Å²) in [6.45, 7) is 0.179. The first-order valence-electron chi connectivity index (χ1n) is 14.5. The fourth-order valence-electron chi connectivity index (χ4n) is 6.39. The topological polar surface area (TPSA) is 252 Å². The lowest BCUT2D eigenvalue weighted by Gasteiger charge is -2.47. The van der Waals surface area contributed by atoms with E-state index in [2.05, 4.69) is 15.6 Å². The highest BCUT2D eigenvalue weighted by Gasteiger charge is 2.68. The summed E-state index contributed by atoms with van der Waals surface area (Å²) in [6, 6.07) is -3.11. The summed E-state index contributed by atoms with van der Waals surface area (Å²) in [6.07, 6.45) is -10.0. The lowest BCUT2D eigenvalue weighted by atomic mass is 9.83. The molecule has 0 bridgehead atoms. The number of amidine groups is 1. The van der Waals surface area contributed by atoms with Crippen molar-refractivity contribution in [3.8, 4) is 0 Å². The van der Waals surface area contributed by atoms with Crippen molar-refractivity contribution in [3.63, 3.8) is 0 Å². The normalized spacial score (nSPS) is 48.7. The van der Waals surface area contributed by atoms with Crippen molar-refractivity contribution in [1.29, 1.82) is 0 Å². The van der Waals surface area contributed by atoms with Crippen LogP contribution in [0.4, 0.5) is 8.78 Å². The van der Waals surface area contributed by atoms with Crippen molar-refractivity contribution in [2.45, 2.75) is 111 Å². The minimum atomic E-state index is -2.90. The van der Waals surface area contributed by atoms with Crippen molar-refractivity contribution in [1.82, 2.24) is 15.5 Å². The van der Waals surface area contributed by atoms with E-state index in [4.69, 9.17) is 36.1 Å². The number of β-amino-alcohol motifs (C(OH)–C–C–N with tert-alkyl or cyclic N) is 1. The Kier molecular flexibility index (Phi) is 9.59. The Hall–Kier alpha value is -1.68. The molecule has 4 saturated heterocycles. The number of halogens is 2. The molecule has 0 spiro atoms. The lowest BCUT2D eigenvalue weighted by molar-refractivity contribution is -0.291. The number of nitrogens with two attached hydrogens (primary N) is 3. The maximum Gasteiger partial charge on any atom is 0.294 e. The van der Waals surface area contributed by atoms with Gasteiger partial charge < -0.3 is 67.2 Å². The van der Waals surface area contributed by atoms with Crippen LogP contribution in [0, 0.1) is 0 Å². The SMILES string of the molecule is CN1[C@@H]2C(O)[C@@H](OC3C(O)C(O[C@H]4O[C@H](CN=C(N)C(F)F)CCC4N)[C@@H](N)C[C@H]3NC(=O)[C@@]3(O)CCNC3)OCC21O. The van der Waals surface area contributed by atoms with E-state index in [-0.39, 0.29) is 32.5 Å². The summed E-state index contributed by atoms with van der Waals surface area (Å²) in [5, 5.41) is 49.4. The van der Waals surface area contributed by atoms with Gasteiger partial charge in [-0.2, -0.15) is 0 Å². The molecule has 5 aliphatic rings. The summed E-state index contributed by atoms with van der Waals surface area (Å²) >= 11 is 0. The monoisotopic (exact) mass is 623 g/mol. The molecule has 5 fully saturated rings. The van der Waals surface area contributed by atoms with E-state index < -0.39 is 96.8 Å². The molecular weight excluding hydrogens is 580 g/mol. The maximum atomic E-state index is 13.1. The summed E-state index contributed by atoms with van der Waals surface area (Å²) in [4.78, 5) is 18.3. The Morgan fingerprint density at radius 3 is 2.56 bits per heavy atom. The Morgan fingerprint density at radius 1 is 1.16 bits per heavy atom. The van der Waals surface area contributed by atoms with E-state index in [1.54, 1.807) is 7.05 Å². The molecule has 1 aliphatic carbocycles. The number of ether oxygens (including phenoxy) is 4. The number of alkyl halides is 2. The number of aliphatic hydroxyl groups excluding tert-OH is 2. The molecule has 12 N–H and O–H groups in total. The number of hydrogen-bond donors (Lipinski definition) is 9. The fraction of sp³-hybridized carbons (Fsp3) is 0.920. The smallest absolute Gasteiger partial charge is 0.294 e. The van der Waals surface area contributed by atoms with E-state index >= 15 is 0 Å². The highest BCUT2D eigenvalue weighted by Crippen LogP contribution is 2.45. The molecule has 16 nitrogen and oxygen atoms in total. The van der Waals surface area contributed by atoms with Gasteiger partial charge in [-0.1, -0.05) is 0 Å². The average molecular weight is 624 g/mol. The summed E-state index contributed by atoms with van der Waals surface area (Å²) in [5.74, 6) is -1.49. The number of aliphatic hydroxyl groups is 4. The third-order valence-electron chi connectivity index (χ3n) is 9.17. The third-order valence-corrected chi connectivity index (χ3v) is 9.17. The largest absolute Gasteiger partial charge is 0.388 e. The molecule has 7 unspecified atom stereocenters. The number of rotatable bonds is 9. The molecule has 4 heterocycles. The van der Waals surface area contributed by atoms with Crippen molar-refractivity contribution < 1.29 is 52.9 Å². The van der Waals surface area contributed by atoms with Gasteiger partial charge in [0, 0.05) is 12.6 Å². The lowest BCUT2D eigenvalue weighted by Crippen LogP contribution is -2.68. The standard InChI is InChI=1S/C25H43F2N7O9/c1-34-18-15(36)22(40-9-25(18,34)39)43-17-13(33-23(37)24(38)4-5-31-8-24)6-12(29)16(14(17)35)42-21-11(28)3-2-10(41-21)7-32-20(30)19(26)27/h10-19,21-22,31,35-36,38-39H,2-9,28-29H2,1H3,(H2,30,32)(H,33,37)/t10-,11?,12-,13+,14?,15?,16?,17?,18+,21+,22+,24+,25?,34?/m0/s1. The number of aliphatic imine (C=N–C) groups is 1. The molecule has 43 heavy (non-hydrogen) atoms. The van der Waals surface area contributed by atoms with Crippen LogP contribution in [0.2, 0.25) is 0 Å². The fourth-order valence-corrected chi connectivity index (χ4v) is 6.39. The van der Waals surface area contributed by atoms with Crippen LogP contribution in [-0.2, 0) is 23.7 Å². The summed E-state index contributed by atoms with van der Waals surface area (Å²) in [7, 11) is 1.62. The van der Waals surface area contributed by atoms with E-state index in [1.165, 1.54) is 4.90 Å². The van der Waals surface area contributed by atoms with Gasteiger partial charge >= 0.3 is 0 Å². The van der Waals surface area contributed by atoms with Crippen LogP contribution in [0.25, 0.3) is 0 Å².